The number of benzene rings is 1. The number of likely N-dealkylation sites (tertiary alicyclic amines) is 1. The van der Waals surface area contributed by atoms with E-state index in [1.807, 2.05) is 6.07 Å². The van der Waals surface area contributed by atoms with Gasteiger partial charge in [-0.2, -0.15) is 0 Å². The molecule has 1 aromatic rings. The first-order valence-electron chi connectivity index (χ1n) is 13.7. The highest BCUT2D eigenvalue weighted by Gasteiger charge is 2.52. The normalized spacial score (nSPS) is 24.3. The molecule has 1 saturated heterocycles. The standard InChI is InChI=1S/C29H41FN4O4/c1-17(2)33-12-10-18(11-13-33)19-6-7-20(23(30)15-19)16-24(26(31)35)32-27(36)25-21-8-9-22(14-21)34(25)28(37)38-29(3,4)5/h6-7,10,15,17,21-22,24-25H,8-9,11-14,16H2,1-5H3,(H2,31,35)(H,32,36)/t21-,22+,24-,25-/m0/s1. The Hall–Kier alpha value is -2.94. The van der Waals surface area contributed by atoms with E-state index >= 15 is 4.39 Å². The van der Waals surface area contributed by atoms with Crippen LogP contribution in [0.25, 0.3) is 5.57 Å². The van der Waals surface area contributed by atoms with Crippen molar-refractivity contribution in [2.24, 2.45) is 11.7 Å². The van der Waals surface area contributed by atoms with Crippen molar-refractivity contribution in [2.75, 3.05) is 13.1 Å². The number of nitrogens with one attached hydrogen (secondary N) is 1. The Balaban J connectivity index is 1.45. The summed E-state index contributed by atoms with van der Waals surface area (Å²) in [5.74, 6) is -1.65. The van der Waals surface area contributed by atoms with Crippen LogP contribution in [0.2, 0.25) is 0 Å². The number of amides is 3. The van der Waals surface area contributed by atoms with Crippen LogP contribution in [0.15, 0.2) is 24.3 Å². The van der Waals surface area contributed by atoms with Crippen LogP contribution in [-0.2, 0) is 20.7 Å². The third-order valence-electron chi connectivity index (χ3n) is 7.94. The molecule has 1 aliphatic carbocycles. The molecule has 3 aliphatic rings. The first-order valence-corrected chi connectivity index (χ1v) is 13.7. The second-order valence-electron chi connectivity index (χ2n) is 12.1. The van der Waals surface area contributed by atoms with Gasteiger partial charge in [-0.15, -0.1) is 0 Å². The Morgan fingerprint density at radius 2 is 1.95 bits per heavy atom. The minimum atomic E-state index is -1.10. The Labute approximate surface area is 224 Å². The summed E-state index contributed by atoms with van der Waals surface area (Å²) in [5.41, 5.74) is 7.16. The summed E-state index contributed by atoms with van der Waals surface area (Å²) in [6.45, 7) is 11.4. The molecule has 3 amide bonds. The second kappa shape index (κ2) is 11.0. The lowest BCUT2D eigenvalue weighted by molar-refractivity contribution is -0.132. The number of carbonyl (C=O) groups excluding carboxylic acids is 3. The Bertz CT molecular complexity index is 1110. The van der Waals surface area contributed by atoms with Crippen LogP contribution < -0.4 is 11.1 Å². The monoisotopic (exact) mass is 528 g/mol. The number of hydrogen-bond acceptors (Lipinski definition) is 5. The quantitative estimate of drug-likeness (QED) is 0.563. The minimum Gasteiger partial charge on any atom is -0.444 e. The van der Waals surface area contributed by atoms with Gasteiger partial charge in [0.05, 0.1) is 0 Å². The fraction of sp³-hybridized carbons (Fsp3) is 0.621. The summed E-state index contributed by atoms with van der Waals surface area (Å²) in [4.78, 5) is 42.4. The van der Waals surface area contributed by atoms with Gasteiger partial charge in [-0.3, -0.25) is 19.4 Å². The van der Waals surface area contributed by atoms with E-state index in [4.69, 9.17) is 10.5 Å². The van der Waals surface area contributed by atoms with Crippen molar-refractivity contribution < 1.29 is 23.5 Å². The van der Waals surface area contributed by atoms with Gasteiger partial charge < -0.3 is 15.8 Å². The predicted octanol–water partition coefficient (Wildman–Crippen LogP) is 3.62. The van der Waals surface area contributed by atoms with Crippen molar-refractivity contribution in [3.05, 3.63) is 41.2 Å². The molecular formula is C29H41FN4O4. The van der Waals surface area contributed by atoms with E-state index in [-0.39, 0.29) is 18.4 Å². The van der Waals surface area contributed by atoms with Crippen LogP contribution in [0.4, 0.5) is 9.18 Å². The van der Waals surface area contributed by atoms with Crippen molar-refractivity contribution in [2.45, 2.75) is 96.5 Å². The number of rotatable bonds is 7. The van der Waals surface area contributed by atoms with Crippen LogP contribution in [0.5, 0.6) is 0 Å². The van der Waals surface area contributed by atoms with Gasteiger partial charge in [0, 0.05) is 31.6 Å². The molecule has 2 aliphatic heterocycles. The summed E-state index contributed by atoms with van der Waals surface area (Å²) < 4.78 is 20.7. The van der Waals surface area contributed by atoms with E-state index in [9.17, 15) is 14.4 Å². The molecule has 1 saturated carbocycles. The third kappa shape index (κ3) is 6.20. The largest absolute Gasteiger partial charge is 0.444 e. The summed E-state index contributed by atoms with van der Waals surface area (Å²) in [5, 5.41) is 2.71. The number of ether oxygens (including phenoxy) is 1. The predicted molar refractivity (Wildman–Crippen MR) is 144 cm³/mol. The highest BCUT2D eigenvalue weighted by atomic mass is 19.1. The van der Waals surface area contributed by atoms with E-state index in [1.54, 1.807) is 26.8 Å². The van der Waals surface area contributed by atoms with Crippen LogP contribution in [-0.4, -0.2) is 70.6 Å². The molecule has 9 heteroatoms. The second-order valence-corrected chi connectivity index (χ2v) is 12.1. The first kappa shape index (κ1) is 28.1. The van der Waals surface area contributed by atoms with Crippen molar-refractivity contribution >= 4 is 23.5 Å². The lowest BCUT2D eigenvalue weighted by Gasteiger charge is -2.36. The van der Waals surface area contributed by atoms with Gasteiger partial charge in [-0.05, 0) is 89.0 Å². The van der Waals surface area contributed by atoms with Gasteiger partial charge in [0.2, 0.25) is 11.8 Å². The van der Waals surface area contributed by atoms with Crippen LogP contribution in [0, 0.1) is 11.7 Å². The number of fused-ring (bicyclic) bond motifs is 2. The molecular weight excluding hydrogens is 487 g/mol. The maximum atomic E-state index is 15.1. The van der Waals surface area contributed by atoms with Crippen molar-refractivity contribution in [1.82, 2.24) is 15.1 Å². The van der Waals surface area contributed by atoms with Gasteiger partial charge in [-0.25, -0.2) is 9.18 Å². The molecule has 8 nitrogen and oxygen atoms in total. The molecule has 3 N–H and O–H groups in total. The number of piperidine rings is 1. The van der Waals surface area contributed by atoms with E-state index < -0.39 is 41.4 Å². The van der Waals surface area contributed by atoms with Crippen LogP contribution >= 0.6 is 0 Å². The molecule has 38 heavy (non-hydrogen) atoms. The number of carbonyl (C=O) groups is 3. The zero-order valence-corrected chi connectivity index (χ0v) is 23.1. The molecule has 4 atom stereocenters. The van der Waals surface area contributed by atoms with Gasteiger partial charge in [0.15, 0.2) is 0 Å². The number of nitrogens with two attached hydrogens (primary N) is 1. The smallest absolute Gasteiger partial charge is 0.411 e. The van der Waals surface area contributed by atoms with Gasteiger partial charge in [0.25, 0.3) is 0 Å². The lowest BCUT2D eigenvalue weighted by atomic mass is 9.95. The number of hydrogen-bond donors (Lipinski definition) is 2. The lowest BCUT2D eigenvalue weighted by Crippen LogP contribution is -2.57. The molecule has 208 valence electrons. The Kier molecular flexibility index (Phi) is 8.16. The average molecular weight is 529 g/mol. The summed E-state index contributed by atoms with van der Waals surface area (Å²) in [7, 11) is 0. The average Bonchev–Trinajstić information content (AvgIpc) is 3.45. The molecule has 2 heterocycles. The molecule has 0 aromatic heterocycles. The number of primary amides is 1. The van der Waals surface area contributed by atoms with E-state index in [2.05, 4.69) is 30.1 Å². The fourth-order valence-corrected chi connectivity index (χ4v) is 5.93. The molecule has 1 aromatic carbocycles. The molecule has 0 radical (unpaired) electrons. The van der Waals surface area contributed by atoms with Crippen molar-refractivity contribution in [3.63, 3.8) is 0 Å². The van der Waals surface area contributed by atoms with Gasteiger partial charge in [-0.1, -0.05) is 18.2 Å². The molecule has 2 fully saturated rings. The zero-order valence-electron chi connectivity index (χ0n) is 23.1. The molecule has 4 rings (SSSR count). The van der Waals surface area contributed by atoms with Gasteiger partial charge >= 0.3 is 6.09 Å². The summed E-state index contributed by atoms with van der Waals surface area (Å²) in [6, 6.07) is 3.57. The number of nitrogens with zero attached hydrogens (tertiary/aromatic N) is 2. The van der Waals surface area contributed by atoms with Crippen LogP contribution in [0.1, 0.15) is 71.4 Å². The highest BCUT2D eigenvalue weighted by molar-refractivity contribution is 5.91. The maximum absolute atomic E-state index is 15.1. The SMILES string of the molecule is CC(C)N1CC=C(c2ccc(C[C@H](NC(=O)[C@@H]3[C@H]4CC[C@H](C4)N3C(=O)OC(C)(C)C)C(N)=O)c(F)c2)CC1. The topological polar surface area (TPSA) is 105 Å². The Morgan fingerprint density at radius 3 is 2.53 bits per heavy atom. The van der Waals surface area contributed by atoms with Gasteiger partial charge in [0.1, 0.15) is 23.5 Å². The molecule has 0 spiro atoms. The Morgan fingerprint density at radius 1 is 1.21 bits per heavy atom. The third-order valence-corrected chi connectivity index (χ3v) is 7.94. The fourth-order valence-electron chi connectivity index (χ4n) is 5.93. The van der Waals surface area contributed by atoms with E-state index in [0.29, 0.717) is 11.6 Å². The van der Waals surface area contributed by atoms with Crippen LogP contribution in [0.3, 0.4) is 0 Å². The number of halogens is 1. The highest BCUT2D eigenvalue weighted by Crippen LogP contribution is 2.43. The summed E-state index contributed by atoms with van der Waals surface area (Å²) in [6.07, 6.45) is 4.74. The molecule has 0 unspecified atom stereocenters. The van der Waals surface area contributed by atoms with Crippen molar-refractivity contribution in [1.29, 1.82) is 0 Å². The first-order chi connectivity index (χ1) is 17.8. The van der Waals surface area contributed by atoms with E-state index in [0.717, 1.165) is 49.9 Å². The minimum absolute atomic E-state index is 0.00699. The van der Waals surface area contributed by atoms with Crippen molar-refractivity contribution in [3.8, 4) is 0 Å². The maximum Gasteiger partial charge on any atom is 0.411 e. The zero-order chi connectivity index (χ0) is 27.8. The summed E-state index contributed by atoms with van der Waals surface area (Å²) >= 11 is 0. The molecule has 2 bridgehead atoms. The van der Waals surface area contributed by atoms with E-state index in [1.165, 1.54) is 11.0 Å².